The number of nitrogens with zero attached hydrogens (tertiary/aromatic N) is 1. The van der Waals surface area contributed by atoms with E-state index in [1.807, 2.05) is 54.7 Å². The van der Waals surface area contributed by atoms with Gasteiger partial charge in [-0.1, -0.05) is 30.3 Å². The van der Waals surface area contributed by atoms with Gasteiger partial charge in [0.2, 0.25) is 0 Å². The third-order valence-corrected chi connectivity index (χ3v) is 3.16. The molecule has 1 aromatic heterocycles. The number of rotatable bonds is 3. The summed E-state index contributed by atoms with van der Waals surface area (Å²) in [5.41, 5.74) is 9.54. The molecule has 100 valence electrons. The Labute approximate surface area is 117 Å². The fourth-order valence-electron chi connectivity index (χ4n) is 2.11. The summed E-state index contributed by atoms with van der Waals surface area (Å²) in [6.07, 6.45) is 1.82. The summed E-state index contributed by atoms with van der Waals surface area (Å²) >= 11 is 0. The quantitative estimate of drug-likeness (QED) is 0.714. The number of aromatic amines is 1. The van der Waals surface area contributed by atoms with E-state index in [0.717, 1.165) is 22.6 Å². The Morgan fingerprint density at radius 1 is 1.05 bits per heavy atom. The molecule has 0 bridgehead atoms. The maximum Gasteiger partial charge on any atom is 0.141 e. The maximum absolute atomic E-state index is 5.92. The fraction of sp³-hybridized carbons (Fsp3) is 0.0625. The van der Waals surface area contributed by atoms with E-state index >= 15 is 0 Å². The number of benzene rings is 2. The highest BCUT2D eigenvalue weighted by Crippen LogP contribution is 2.28. The molecule has 2 aromatic carbocycles. The van der Waals surface area contributed by atoms with E-state index in [2.05, 4.69) is 9.97 Å². The Kier molecular flexibility index (Phi) is 3.13. The van der Waals surface area contributed by atoms with Crippen LogP contribution in [-0.4, -0.2) is 17.1 Å². The number of hydrogen-bond donors (Lipinski definition) is 2. The smallest absolute Gasteiger partial charge is 0.141 e. The number of anilines is 1. The minimum atomic E-state index is 0.600. The molecule has 1 heterocycles. The van der Waals surface area contributed by atoms with Gasteiger partial charge >= 0.3 is 0 Å². The van der Waals surface area contributed by atoms with Gasteiger partial charge in [-0.15, -0.1) is 0 Å². The molecule has 0 fully saturated rings. The van der Waals surface area contributed by atoms with E-state index in [4.69, 9.17) is 10.5 Å². The van der Waals surface area contributed by atoms with Crippen molar-refractivity contribution in [3.63, 3.8) is 0 Å². The van der Waals surface area contributed by atoms with Crippen molar-refractivity contribution in [1.29, 1.82) is 0 Å². The third kappa shape index (κ3) is 2.23. The number of nitrogen functional groups attached to an aromatic ring is 1. The first-order valence-electron chi connectivity index (χ1n) is 6.32. The number of methoxy groups -OCH3 is 1. The summed E-state index contributed by atoms with van der Waals surface area (Å²) in [4.78, 5) is 7.71. The molecule has 0 aliphatic rings. The Balaban J connectivity index is 1.96. The molecule has 0 atom stereocenters. The van der Waals surface area contributed by atoms with Gasteiger partial charge in [-0.3, -0.25) is 0 Å². The van der Waals surface area contributed by atoms with Crippen molar-refractivity contribution in [2.24, 2.45) is 0 Å². The molecule has 3 rings (SSSR count). The molecule has 0 aliphatic heterocycles. The Hall–Kier alpha value is -2.75. The minimum absolute atomic E-state index is 0.600. The predicted octanol–water partition coefficient (Wildman–Crippen LogP) is 3.33. The zero-order valence-electron chi connectivity index (χ0n) is 11.1. The van der Waals surface area contributed by atoms with Crippen LogP contribution in [0.4, 0.5) is 5.69 Å². The van der Waals surface area contributed by atoms with Crippen molar-refractivity contribution < 1.29 is 4.74 Å². The summed E-state index contributed by atoms with van der Waals surface area (Å²) < 4.78 is 5.15. The summed E-state index contributed by atoms with van der Waals surface area (Å²) in [6, 6.07) is 15.7. The first kappa shape index (κ1) is 12.3. The van der Waals surface area contributed by atoms with Gasteiger partial charge in [0.05, 0.1) is 24.7 Å². The monoisotopic (exact) mass is 265 g/mol. The van der Waals surface area contributed by atoms with Crippen molar-refractivity contribution in [2.75, 3.05) is 12.8 Å². The summed E-state index contributed by atoms with van der Waals surface area (Å²) in [5.74, 6) is 1.46. The molecule has 0 saturated carbocycles. The Morgan fingerprint density at radius 2 is 1.85 bits per heavy atom. The highest BCUT2D eigenvalue weighted by Gasteiger charge is 2.07. The standard InChI is InChI=1S/C16H15N3O/c1-20-15-8-7-12(9-13(15)17)16-18-10-14(19-16)11-5-3-2-4-6-11/h2-10H,17H2,1H3,(H,18,19). The molecule has 4 heteroatoms. The maximum atomic E-state index is 5.92. The van der Waals surface area contributed by atoms with E-state index < -0.39 is 0 Å². The van der Waals surface area contributed by atoms with Crippen LogP contribution in [-0.2, 0) is 0 Å². The predicted molar refractivity (Wildman–Crippen MR) is 80.4 cm³/mol. The topological polar surface area (TPSA) is 63.9 Å². The summed E-state index contributed by atoms with van der Waals surface area (Å²) in [6.45, 7) is 0. The first-order chi connectivity index (χ1) is 9.78. The number of nitrogens with two attached hydrogens (primary N) is 1. The van der Waals surface area contributed by atoms with Crippen LogP contribution in [0.3, 0.4) is 0 Å². The van der Waals surface area contributed by atoms with E-state index in [1.54, 1.807) is 7.11 Å². The molecule has 3 aromatic rings. The average molecular weight is 265 g/mol. The fourth-order valence-corrected chi connectivity index (χ4v) is 2.11. The lowest BCUT2D eigenvalue weighted by molar-refractivity contribution is 0.417. The third-order valence-electron chi connectivity index (χ3n) is 3.16. The number of ether oxygens (including phenoxy) is 1. The van der Waals surface area contributed by atoms with Crippen molar-refractivity contribution >= 4 is 5.69 Å². The van der Waals surface area contributed by atoms with Crippen LogP contribution >= 0.6 is 0 Å². The van der Waals surface area contributed by atoms with Gasteiger partial charge in [-0.2, -0.15) is 0 Å². The lowest BCUT2D eigenvalue weighted by Crippen LogP contribution is -1.93. The number of hydrogen-bond acceptors (Lipinski definition) is 3. The van der Waals surface area contributed by atoms with Gasteiger partial charge in [-0.05, 0) is 23.8 Å². The molecule has 0 aliphatic carbocycles. The van der Waals surface area contributed by atoms with Gasteiger partial charge in [-0.25, -0.2) is 4.98 Å². The van der Waals surface area contributed by atoms with Crippen LogP contribution in [0, 0.1) is 0 Å². The lowest BCUT2D eigenvalue weighted by Gasteiger charge is -2.05. The van der Waals surface area contributed by atoms with Crippen LogP contribution in [0.5, 0.6) is 5.75 Å². The molecule has 4 nitrogen and oxygen atoms in total. The number of nitrogens with one attached hydrogen (secondary N) is 1. The molecular weight excluding hydrogens is 250 g/mol. The van der Waals surface area contributed by atoms with Crippen LogP contribution in [0.1, 0.15) is 0 Å². The molecule has 0 radical (unpaired) electrons. The number of H-pyrrole nitrogens is 1. The molecule has 3 N–H and O–H groups in total. The normalized spacial score (nSPS) is 10.4. The molecular formula is C16H15N3O. The Morgan fingerprint density at radius 3 is 2.55 bits per heavy atom. The summed E-state index contributed by atoms with van der Waals surface area (Å²) in [5, 5.41) is 0. The van der Waals surface area contributed by atoms with Crippen LogP contribution in [0.15, 0.2) is 54.7 Å². The van der Waals surface area contributed by atoms with Crippen LogP contribution < -0.4 is 10.5 Å². The molecule has 0 amide bonds. The molecule has 0 unspecified atom stereocenters. The lowest BCUT2D eigenvalue weighted by atomic mass is 10.1. The van der Waals surface area contributed by atoms with Gasteiger partial charge in [0, 0.05) is 5.56 Å². The molecule has 0 spiro atoms. The first-order valence-corrected chi connectivity index (χ1v) is 6.32. The van der Waals surface area contributed by atoms with E-state index in [9.17, 15) is 0 Å². The van der Waals surface area contributed by atoms with Crippen LogP contribution in [0.25, 0.3) is 22.6 Å². The van der Waals surface area contributed by atoms with E-state index in [0.29, 0.717) is 11.4 Å². The van der Waals surface area contributed by atoms with Gasteiger partial charge in [0.1, 0.15) is 11.6 Å². The van der Waals surface area contributed by atoms with Gasteiger partial charge < -0.3 is 15.5 Å². The zero-order valence-corrected chi connectivity index (χ0v) is 11.1. The molecule has 20 heavy (non-hydrogen) atoms. The second-order valence-electron chi connectivity index (χ2n) is 4.47. The highest BCUT2D eigenvalue weighted by atomic mass is 16.5. The zero-order chi connectivity index (χ0) is 13.9. The van der Waals surface area contributed by atoms with Crippen molar-refractivity contribution in [3.05, 3.63) is 54.7 Å². The van der Waals surface area contributed by atoms with Gasteiger partial charge in [0.15, 0.2) is 0 Å². The van der Waals surface area contributed by atoms with Crippen molar-refractivity contribution in [2.45, 2.75) is 0 Å². The largest absolute Gasteiger partial charge is 0.495 e. The minimum Gasteiger partial charge on any atom is -0.495 e. The second kappa shape index (κ2) is 5.09. The number of imidazole rings is 1. The van der Waals surface area contributed by atoms with Crippen molar-refractivity contribution in [3.8, 4) is 28.4 Å². The summed E-state index contributed by atoms with van der Waals surface area (Å²) in [7, 11) is 1.60. The average Bonchev–Trinajstić information content (AvgIpc) is 2.98. The highest BCUT2D eigenvalue weighted by molar-refractivity contribution is 5.69. The number of aromatic nitrogens is 2. The van der Waals surface area contributed by atoms with Gasteiger partial charge in [0.25, 0.3) is 0 Å². The van der Waals surface area contributed by atoms with Crippen molar-refractivity contribution in [1.82, 2.24) is 9.97 Å². The van der Waals surface area contributed by atoms with E-state index in [1.165, 1.54) is 0 Å². The van der Waals surface area contributed by atoms with Crippen LogP contribution in [0.2, 0.25) is 0 Å². The SMILES string of the molecule is COc1ccc(-c2ncc(-c3ccccc3)[nH]2)cc1N. The van der Waals surface area contributed by atoms with E-state index in [-0.39, 0.29) is 0 Å². The Bertz CT molecular complexity index is 720. The molecule has 0 saturated heterocycles. The second-order valence-corrected chi connectivity index (χ2v) is 4.47.